The highest BCUT2D eigenvalue weighted by atomic mass is 35.5. The van der Waals surface area contributed by atoms with E-state index in [4.69, 9.17) is 102 Å². The lowest BCUT2D eigenvalue weighted by molar-refractivity contribution is 0.156. The van der Waals surface area contributed by atoms with E-state index in [1.165, 1.54) is 0 Å². The summed E-state index contributed by atoms with van der Waals surface area (Å²) in [6.07, 6.45) is 2.30. The highest BCUT2D eigenvalue weighted by Crippen LogP contribution is 2.59. The molecule has 0 aliphatic heterocycles. The average Bonchev–Trinajstić information content (AvgIpc) is 2.36. The molecule has 0 aromatic heterocycles. The molecule has 0 radical (unpaired) electrons. The zero-order valence-electron chi connectivity index (χ0n) is 12.8. The largest absolute Gasteiger partial charge is 0.293 e. The zero-order valence-corrected chi connectivity index (χ0v) is 19.8. The molecule has 0 aromatic carbocycles. The monoisotopic (exact) mass is 506 g/mol. The van der Waals surface area contributed by atoms with Gasteiger partial charge in [-0.3, -0.25) is 9.05 Å². The van der Waals surface area contributed by atoms with Crippen molar-refractivity contribution < 1.29 is 9.05 Å². The molecule has 0 amide bonds. The van der Waals surface area contributed by atoms with E-state index in [0.29, 0.717) is 31.8 Å². The number of halogens is 8. The van der Waals surface area contributed by atoms with Crippen molar-refractivity contribution in [2.45, 2.75) is 64.2 Å². The lowest BCUT2D eigenvalue weighted by Gasteiger charge is -2.38. The number of alkyl halides is 8. The van der Waals surface area contributed by atoms with Gasteiger partial charge in [0.1, 0.15) is 0 Å². The standard InChI is InChI=1S/C12H19Cl8O2P/c1-4-7-9(13,14)11(17,18)21-23(6-3)22-12(19,20)10(15,16)8-5-2/h4-8H2,1-3H3. The Morgan fingerprint density at radius 2 is 0.957 bits per heavy atom. The van der Waals surface area contributed by atoms with Crippen LogP contribution in [0, 0.1) is 0 Å². The Hall–Kier alpha value is 2.67. The summed E-state index contributed by atoms with van der Waals surface area (Å²) in [4.78, 5) is 0. The third kappa shape index (κ3) is 7.67. The summed E-state index contributed by atoms with van der Waals surface area (Å²) < 4.78 is 4.18. The number of rotatable bonds is 11. The van der Waals surface area contributed by atoms with Gasteiger partial charge in [-0.1, -0.05) is 126 Å². The van der Waals surface area contributed by atoms with Gasteiger partial charge in [0.05, 0.1) is 0 Å². The van der Waals surface area contributed by atoms with Crippen LogP contribution in [0.15, 0.2) is 0 Å². The molecule has 23 heavy (non-hydrogen) atoms. The average molecular weight is 510 g/mol. The van der Waals surface area contributed by atoms with Crippen LogP contribution in [0.2, 0.25) is 0 Å². The molecular formula is C12H19Cl8O2P. The SMILES string of the molecule is CCCC(Cl)(Cl)C(Cl)(Cl)OP(CC)OC(Cl)(Cl)C(Cl)(Cl)CCC. The molecule has 0 saturated carbocycles. The van der Waals surface area contributed by atoms with Crippen molar-refractivity contribution in [3.05, 3.63) is 0 Å². The first-order chi connectivity index (χ1) is 10.3. The molecule has 0 aliphatic carbocycles. The van der Waals surface area contributed by atoms with Gasteiger partial charge in [-0.15, -0.1) is 0 Å². The second-order valence-electron chi connectivity index (χ2n) is 4.77. The van der Waals surface area contributed by atoms with Crippen molar-refractivity contribution in [1.82, 2.24) is 0 Å². The van der Waals surface area contributed by atoms with Gasteiger partial charge in [0.2, 0.25) is 0 Å². The third-order valence-electron chi connectivity index (χ3n) is 2.67. The normalized spacial score (nSPS) is 14.6. The maximum absolute atomic E-state index is 6.15. The highest BCUT2D eigenvalue weighted by Gasteiger charge is 2.53. The molecule has 140 valence electrons. The van der Waals surface area contributed by atoms with Gasteiger partial charge in [-0.2, -0.15) is 0 Å². The minimum atomic E-state index is -1.91. The van der Waals surface area contributed by atoms with Crippen LogP contribution < -0.4 is 0 Å². The Labute approximate surface area is 179 Å². The summed E-state index contributed by atoms with van der Waals surface area (Å²) in [7, 11) is -1.75. The van der Waals surface area contributed by atoms with Crippen molar-refractivity contribution in [1.29, 1.82) is 0 Å². The van der Waals surface area contributed by atoms with E-state index in [1.807, 2.05) is 13.8 Å². The number of hydrogen-bond donors (Lipinski definition) is 0. The fourth-order valence-corrected chi connectivity index (χ4v) is 5.00. The molecule has 11 heteroatoms. The lowest BCUT2D eigenvalue weighted by Crippen LogP contribution is -2.40. The molecule has 0 heterocycles. The van der Waals surface area contributed by atoms with Crippen molar-refractivity contribution in [2.75, 3.05) is 6.16 Å². The molecule has 0 atom stereocenters. The second-order valence-corrected chi connectivity index (χ2v) is 11.9. The Bertz CT molecular complexity index is 333. The molecule has 0 N–H and O–H groups in total. The summed E-state index contributed by atoms with van der Waals surface area (Å²) in [5.74, 6) is 0. The second kappa shape index (κ2) is 10.3. The van der Waals surface area contributed by atoms with Crippen molar-refractivity contribution in [3.63, 3.8) is 0 Å². The van der Waals surface area contributed by atoms with Gasteiger partial charge in [-0.25, -0.2) is 0 Å². The smallest absolute Gasteiger partial charge is 0.256 e. The first kappa shape index (κ1) is 25.7. The number of hydrogen-bond acceptors (Lipinski definition) is 2. The van der Waals surface area contributed by atoms with Crippen LogP contribution in [0.3, 0.4) is 0 Å². The predicted octanol–water partition coefficient (Wildman–Crippen LogP) is 8.56. The van der Waals surface area contributed by atoms with Crippen LogP contribution in [0.5, 0.6) is 0 Å². The molecule has 0 unspecified atom stereocenters. The van der Waals surface area contributed by atoms with Crippen LogP contribution in [0.25, 0.3) is 0 Å². The van der Waals surface area contributed by atoms with Crippen molar-refractivity contribution in [2.24, 2.45) is 0 Å². The Balaban J connectivity index is 5.11. The van der Waals surface area contributed by atoms with E-state index < -0.39 is 26.1 Å². The van der Waals surface area contributed by atoms with E-state index in [9.17, 15) is 0 Å². The molecule has 0 fully saturated rings. The van der Waals surface area contributed by atoms with Crippen molar-refractivity contribution >= 4 is 101 Å². The molecule has 2 nitrogen and oxygen atoms in total. The van der Waals surface area contributed by atoms with Gasteiger partial charge < -0.3 is 0 Å². The quantitative estimate of drug-likeness (QED) is 0.205. The van der Waals surface area contributed by atoms with Crippen molar-refractivity contribution in [3.8, 4) is 0 Å². The Kier molecular flexibility index (Phi) is 11.5. The van der Waals surface area contributed by atoms with E-state index in [-0.39, 0.29) is 0 Å². The van der Waals surface area contributed by atoms with Crippen LogP contribution in [0.4, 0.5) is 0 Å². The first-order valence-corrected chi connectivity index (χ1v) is 11.3. The molecule has 0 saturated heterocycles. The van der Waals surface area contributed by atoms with Crippen LogP contribution in [-0.4, -0.2) is 23.9 Å². The molecular weight excluding hydrogens is 491 g/mol. The topological polar surface area (TPSA) is 18.5 Å². The summed E-state index contributed by atoms with van der Waals surface area (Å²) in [5, 5.41) is 0. The van der Waals surface area contributed by atoms with Gasteiger partial charge >= 0.3 is 0 Å². The summed E-state index contributed by atoms with van der Waals surface area (Å²) in [6.45, 7) is 5.53. The fraction of sp³-hybridized carbons (Fsp3) is 1.00. The minimum absolute atomic E-state index is 0.313. The van der Waals surface area contributed by atoms with E-state index >= 15 is 0 Å². The van der Waals surface area contributed by atoms with Crippen LogP contribution >= 0.6 is 101 Å². The first-order valence-electron chi connectivity index (χ1n) is 6.93. The molecule has 0 aromatic rings. The maximum atomic E-state index is 6.15. The van der Waals surface area contributed by atoms with Crippen LogP contribution in [0.1, 0.15) is 46.5 Å². The minimum Gasteiger partial charge on any atom is -0.293 e. The predicted molar refractivity (Wildman–Crippen MR) is 107 cm³/mol. The molecule has 0 bridgehead atoms. The zero-order chi connectivity index (χ0) is 18.5. The Morgan fingerprint density at radius 1 is 0.652 bits per heavy atom. The van der Waals surface area contributed by atoms with E-state index in [2.05, 4.69) is 0 Å². The lowest BCUT2D eigenvalue weighted by atomic mass is 10.2. The van der Waals surface area contributed by atoms with Gasteiger partial charge in [-0.05, 0) is 12.8 Å². The fourth-order valence-electron chi connectivity index (χ4n) is 1.46. The van der Waals surface area contributed by atoms with Gasteiger partial charge in [0.25, 0.3) is 9.04 Å². The summed E-state index contributed by atoms with van der Waals surface area (Å²) in [5.41, 5.74) is 0. The maximum Gasteiger partial charge on any atom is 0.256 e. The van der Waals surface area contributed by atoms with E-state index in [1.54, 1.807) is 6.92 Å². The van der Waals surface area contributed by atoms with Crippen LogP contribution in [-0.2, 0) is 9.05 Å². The third-order valence-corrected chi connectivity index (χ3v) is 8.77. The molecule has 0 rings (SSSR count). The summed E-state index contributed by atoms with van der Waals surface area (Å²) >= 11 is 49.2. The van der Waals surface area contributed by atoms with Gasteiger partial charge in [0, 0.05) is 6.16 Å². The molecule has 0 spiro atoms. The van der Waals surface area contributed by atoms with Gasteiger partial charge in [0.15, 0.2) is 17.0 Å². The Morgan fingerprint density at radius 3 is 1.17 bits per heavy atom. The van der Waals surface area contributed by atoms with E-state index in [0.717, 1.165) is 0 Å². The summed E-state index contributed by atoms with van der Waals surface area (Å²) in [6, 6.07) is 0. The highest BCUT2D eigenvalue weighted by molar-refractivity contribution is 7.47. The molecule has 0 aliphatic rings.